The van der Waals surface area contributed by atoms with Gasteiger partial charge in [0.05, 0.1) is 16.4 Å². The highest BCUT2D eigenvalue weighted by atomic mass is 35.5. The highest BCUT2D eigenvalue weighted by Gasteiger charge is 2.11. The number of aromatic nitrogens is 3. The number of hydrogen-bond acceptors (Lipinski definition) is 3. The number of benzene rings is 2. The van der Waals surface area contributed by atoms with Crippen molar-refractivity contribution in [3.63, 3.8) is 0 Å². The standard InChI is InChI=1S/C20H23ClN4O/c1-3-5-7-14-8-10-15(11-9-14)25-23-18-12-16(21)17(13-19(18)24-25)22-20(26)6-4-2/h8-13H,3-7H2,1-2H3,(H,22,26). The first-order valence-corrected chi connectivity index (χ1v) is 9.44. The zero-order valence-electron chi connectivity index (χ0n) is 15.1. The van der Waals surface area contributed by atoms with Gasteiger partial charge in [0, 0.05) is 6.42 Å². The van der Waals surface area contributed by atoms with Crippen molar-refractivity contribution in [3.05, 3.63) is 47.0 Å². The summed E-state index contributed by atoms with van der Waals surface area (Å²) in [5.74, 6) is -0.0520. The molecule has 0 saturated heterocycles. The van der Waals surface area contributed by atoms with Crippen LogP contribution in [0.3, 0.4) is 0 Å². The van der Waals surface area contributed by atoms with Crippen molar-refractivity contribution >= 4 is 34.2 Å². The summed E-state index contributed by atoms with van der Waals surface area (Å²) in [5, 5.41) is 12.3. The second-order valence-corrected chi connectivity index (χ2v) is 6.79. The number of nitrogens with one attached hydrogen (secondary N) is 1. The summed E-state index contributed by atoms with van der Waals surface area (Å²) < 4.78 is 0. The Kier molecular flexibility index (Phi) is 5.89. The molecule has 0 bridgehead atoms. The molecule has 26 heavy (non-hydrogen) atoms. The number of hydrogen-bond donors (Lipinski definition) is 1. The summed E-state index contributed by atoms with van der Waals surface area (Å²) in [6.07, 6.45) is 4.71. The number of fused-ring (bicyclic) bond motifs is 1. The number of nitrogens with zero attached hydrogens (tertiary/aromatic N) is 3. The van der Waals surface area contributed by atoms with Gasteiger partial charge in [-0.1, -0.05) is 44.0 Å². The molecule has 1 amide bonds. The smallest absolute Gasteiger partial charge is 0.224 e. The van der Waals surface area contributed by atoms with Crippen LogP contribution in [0.2, 0.25) is 5.02 Å². The summed E-state index contributed by atoms with van der Waals surface area (Å²) in [5.41, 5.74) is 4.17. The third-order valence-corrected chi connectivity index (χ3v) is 4.52. The van der Waals surface area contributed by atoms with E-state index >= 15 is 0 Å². The molecule has 6 heteroatoms. The van der Waals surface area contributed by atoms with Crippen LogP contribution in [0.4, 0.5) is 5.69 Å². The molecule has 3 aromatic rings. The average molecular weight is 371 g/mol. The molecule has 3 rings (SSSR count). The molecular weight excluding hydrogens is 348 g/mol. The molecule has 0 fully saturated rings. The molecule has 0 saturated carbocycles. The van der Waals surface area contributed by atoms with Crippen molar-refractivity contribution < 1.29 is 4.79 Å². The summed E-state index contributed by atoms with van der Waals surface area (Å²) >= 11 is 6.28. The van der Waals surface area contributed by atoms with Crippen LogP contribution in [0.1, 0.15) is 45.1 Å². The first-order valence-electron chi connectivity index (χ1n) is 9.06. The third kappa shape index (κ3) is 4.22. The fourth-order valence-corrected chi connectivity index (χ4v) is 2.97. The molecule has 2 aromatic carbocycles. The normalized spacial score (nSPS) is 11.0. The lowest BCUT2D eigenvalue weighted by Crippen LogP contribution is -2.10. The lowest BCUT2D eigenvalue weighted by atomic mass is 10.1. The van der Waals surface area contributed by atoms with Crippen LogP contribution in [0.5, 0.6) is 0 Å². The molecule has 1 heterocycles. The van der Waals surface area contributed by atoms with Gasteiger partial charge in [-0.15, -0.1) is 10.2 Å². The molecule has 136 valence electrons. The highest BCUT2D eigenvalue weighted by molar-refractivity contribution is 6.34. The number of amides is 1. The zero-order valence-corrected chi connectivity index (χ0v) is 15.9. The first-order chi connectivity index (χ1) is 12.6. The summed E-state index contributed by atoms with van der Waals surface area (Å²) in [7, 11) is 0. The predicted molar refractivity (Wildman–Crippen MR) is 106 cm³/mol. The lowest BCUT2D eigenvalue weighted by Gasteiger charge is -2.05. The highest BCUT2D eigenvalue weighted by Crippen LogP contribution is 2.27. The Morgan fingerprint density at radius 1 is 1.08 bits per heavy atom. The van der Waals surface area contributed by atoms with Gasteiger partial charge in [0.1, 0.15) is 11.0 Å². The molecule has 0 atom stereocenters. The van der Waals surface area contributed by atoms with Crippen LogP contribution in [-0.4, -0.2) is 20.9 Å². The van der Waals surface area contributed by atoms with Crippen molar-refractivity contribution in [2.75, 3.05) is 5.32 Å². The van der Waals surface area contributed by atoms with E-state index in [4.69, 9.17) is 11.6 Å². The minimum Gasteiger partial charge on any atom is -0.325 e. The fraction of sp³-hybridized carbons (Fsp3) is 0.350. The van der Waals surface area contributed by atoms with Crippen LogP contribution >= 0.6 is 11.6 Å². The molecule has 1 aromatic heterocycles. The molecule has 0 aliphatic carbocycles. The second-order valence-electron chi connectivity index (χ2n) is 6.38. The van der Waals surface area contributed by atoms with Crippen molar-refractivity contribution in [3.8, 4) is 5.69 Å². The van der Waals surface area contributed by atoms with Gasteiger partial charge in [-0.05, 0) is 49.1 Å². The van der Waals surface area contributed by atoms with Crippen LogP contribution < -0.4 is 5.32 Å². The fourth-order valence-electron chi connectivity index (χ4n) is 2.77. The maximum Gasteiger partial charge on any atom is 0.224 e. The van der Waals surface area contributed by atoms with Crippen LogP contribution in [-0.2, 0) is 11.2 Å². The average Bonchev–Trinajstić information content (AvgIpc) is 3.03. The topological polar surface area (TPSA) is 59.8 Å². The number of carbonyl (C=O) groups is 1. The van der Waals surface area contributed by atoms with E-state index in [1.165, 1.54) is 18.4 Å². The van der Waals surface area contributed by atoms with Gasteiger partial charge in [-0.2, -0.15) is 4.80 Å². The maximum atomic E-state index is 11.8. The van der Waals surface area contributed by atoms with Crippen molar-refractivity contribution in [2.45, 2.75) is 46.0 Å². The van der Waals surface area contributed by atoms with Gasteiger partial charge in [0.25, 0.3) is 0 Å². The molecule has 0 unspecified atom stereocenters. The molecule has 5 nitrogen and oxygen atoms in total. The number of halogens is 1. The molecule has 0 aliphatic rings. The van der Waals surface area contributed by atoms with Crippen LogP contribution in [0, 0.1) is 0 Å². The van der Waals surface area contributed by atoms with Gasteiger partial charge in [-0.25, -0.2) is 0 Å². The van der Waals surface area contributed by atoms with Crippen LogP contribution in [0.15, 0.2) is 36.4 Å². The largest absolute Gasteiger partial charge is 0.325 e. The van der Waals surface area contributed by atoms with E-state index < -0.39 is 0 Å². The lowest BCUT2D eigenvalue weighted by molar-refractivity contribution is -0.116. The quantitative estimate of drug-likeness (QED) is 0.625. The molecule has 0 aliphatic heterocycles. The van der Waals surface area contributed by atoms with Crippen LogP contribution in [0.25, 0.3) is 16.7 Å². The maximum absolute atomic E-state index is 11.8. The summed E-state index contributed by atoms with van der Waals surface area (Å²) in [6.45, 7) is 4.15. The van der Waals surface area contributed by atoms with E-state index in [9.17, 15) is 4.79 Å². The van der Waals surface area contributed by atoms with E-state index in [0.717, 1.165) is 18.5 Å². The molecular formula is C20H23ClN4O. The molecule has 1 N–H and O–H groups in total. The van der Waals surface area contributed by atoms with Crippen molar-refractivity contribution in [1.82, 2.24) is 15.0 Å². The van der Waals surface area contributed by atoms with Crippen molar-refractivity contribution in [1.29, 1.82) is 0 Å². The van der Waals surface area contributed by atoms with E-state index in [-0.39, 0.29) is 5.91 Å². The minimum absolute atomic E-state index is 0.0520. The minimum atomic E-state index is -0.0520. The van der Waals surface area contributed by atoms with Crippen molar-refractivity contribution in [2.24, 2.45) is 0 Å². The Balaban J connectivity index is 1.85. The Bertz CT molecular complexity index is 902. The second kappa shape index (κ2) is 8.32. The number of anilines is 1. The first kappa shape index (κ1) is 18.4. The third-order valence-electron chi connectivity index (χ3n) is 4.21. The molecule has 0 spiro atoms. The van der Waals surface area contributed by atoms with E-state index in [2.05, 4.69) is 34.6 Å². The Morgan fingerprint density at radius 3 is 2.42 bits per heavy atom. The predicted octanol–water partition coefficient (Wildman–Crippen LogP) is 5.16. The molecule has 0 radical (unpaired) electrons. The number of rotatable bonds is 7. The van der Waals surface area contributed by atoms with E-state index in [1.54, 1.807) is 16.9 Å². The summed E-state index contributed by atoms with van der Waals surface area (Å²) in [4.78, 5) is 13.4. The number of carbonyl (C=O) groups excluding carboxylic acids is 1. The van der Waals surface area contributed by atoms with E-state index in [0.29, 0.717) is 28.2 Å². The number of aryl methyl sites for hydroxylation is 1. The SMILES string of the molecule is CCCCc1ccc(-n2nc3cc(Cl)c(NC(=O)CCC)cc3n2)cc1. The monoisotopic (exact) mass is 370 g/mol. The van der Waals surface area contributed by atoms with Gasteiger partial charge in [0.15, 0.2) is 0 Å². The van der Waals surface area contributed by atoms with E-state index in [1.807, 2.05) is 19.1 Å². The van der Waals surface area contributed by atoms with Gasteiger partial charge in [-0.3, -0.25) is 4.79 Å². The Hall–Kier alpha value is -2.40. The Morgan fingerprint density at radius 2 is 1.77 bits per heavy atom. The Labute approximate surface area is 158 Å². The zero-order chi connectivity index (χ0) is 18.5. The van der Waals surface area contributed by atoms with Gasteiger partial charge in [0.2, 0.25) is 5.91 Å². The number of unbranched alkanes of at least 4 members (excludes halogenated alkanes) is 1. The summed E-state index contributed by atoms with van der Waals surface area (Å²) in [6, 6.07) is 11.8. The van der Waals surface area contributed by atoms with Gasteiger partial charge < -0.3 is 5.32 Å². The van der Waals surface area contributed by atoms with Gasteiger partial charge >= 0.3 is 0 Å².